The van der Waals surface area contributed by atoms with Crippen molar-refractivity contribution in [3.05, 3.63) is 57.2 Å². The first-order valence-corrected chi connectivity index (χ1v) is 12.5. The van der Waals surface area contributed by atoms with Crippen molar-refractivity contribution in [3.63, 3.8) is 0 Å². The number of pyridine rings is 1. The zero-order chi connectivity index (χ0) is 27.7. The molecule has 14 heteroatoms. The molecule has 1 aromatic carbocycles. The molecule has 8 nitrogen and oxygen atoms in total. The van der Waals surface area contributed by atoms with Gasteiger partial charge in [-0.05, 0) is 38.0 Å². The van der Waals surface area contributed by atoms with Crippen LogP contribution in [0.2, 0.25) is 5.02 Å². The summed E-state index contributed by atoms with van der Waals surface area (Å²) in [6.45, 7) is 2.39. The first-order valence-electron chi connectivity index (χ1n) is 11.4. The van der Waals surface area contributed by atoms with E-state index >= 15 is 0 Å². The van der Waals surface area contributed by atoms with Gasteiger partial charge in [-0.15, -0.1) is 0 Å². The first-order chi connectivity index (χ1) is 18.1. The Morgan fingerprint density at radius 3 is 2.71 bits per heavy atom. The maximum Gasteiger partial charge on any atom is 0.417 e. The second-order valence-corrected chi connectivity index (χ2v) is 9.26. The summed E-state index contributed by atoms with van der Waals surface area (Å²) in [6, 6.07) is 5.17. The van der Waals surface area contributed by atoms with Gasteiger partial charge >= 0.3 is 12.3 Å². The molecule has 1 aliphatic rings. The van der Waals surface area contributed by atoms with E-state index in [0.29, 0.717) is 42.8 Å². The van der Waals surface area contributed by atoms with E-state index in [0.717, 1.165) is 12.3 Å². The normalized spacial score (nSPS) is 14.8. The van der Waals surface area contributed by atoms with Crippen molar-refractivity contribution in [1.29, 1.82) is 0 Å². The lowest BCUT2D eigenvalue weighted by Gasteiger charge is -2.14. The molecule has 3 rings (SSSR count). The second-order valence-electron chi connectivity index (χ2n) is 7.85. The van der Waals surface area contributed by atoms with Crippen LogP contribution in [0.3, 0.4) is 0 Å². The Kier molecular flexibility index (Phi) is 10.7. The molecule has 2 aromatic rings. The fourth-order valence-electron chi connectivity index (χ4n) is 3.31. The SMILES string of the molecule is CCNC(=O)Oc1c(Cl)cc(OCC=C(Cl)Cl)cc1C1=NOC(CCCOc2ccc(C(F)(F)F)cn2)C1. The smallest absolute Gasteiger partial charge is 0.417 e. The van der Waals surface area contributed by atoms with Crippen LogP contribution in [0.25, 0.3) is 0 Å². The summed E-state index contributed by atoms with van der Waals surface area (Å²) in [5.74, 6) is 0.546. The Labute approximate surface area is 231 Å². The zero-order valence-corrected chi connectivity index (χ0v) is 22.3. The molecule has 0 bridgehead atoms. The summed E-state index contributed by atoms with van der Waals surface area (Å²) in [5, 5.41) is 6.79. The molecule has 0 saturated carbocycles. The van der Waals surface area contributed by atoms with E-state index in [1.807, 2.05) is 0 Å². The molecule has 1 aliphatic heterocycles. The largest absolute Gasteiger partial charge is 0.489 e. The lowest BCUT2D eigenvalue weighted by atomic mass is 10.0. The molecular formula is C24H23Cl3F3N3O5. The number of oxime groups is 1. The Bertz CT molecular complexity index is 1170. The summed E-state index contributed by atoms with van der Waals surface area (Å²) < 4.78 is 54.4. The van der Waals surface area contributed by atoms with Gasteiger partial charge in [0.15, 0.2) is 5.75 Å². The number of nitrogens with zero attached hydrogens (tertiary/aromatic N) is 2. The van der Waals surface area contributed by atoms with Gasteiger partial charge in [0.1, 0.15) is 23.0 Å². The van der Waals surface area contributed by atoms with E-state index in [1.165, 1.54) is 18.2 Å². The van der Waals surface area contributed by atoms with Crippen molar-refractivity contribution in [2.24, 2.45) is 5.16 Å². The molecular weight excluding hydrogens is 574 g/mol. The number of aromatic nitrogens is 1. The summed E-state index contributed by atoms with van der Waals surface area (Å²) in [4.78, 5) is 21.3. The molecule has 1 unspecified atom stereocenters. The number of benzene rings is 1. The second kappa shape index (κ2) is 13.8. The van der Waals surface area contributed by atoms with Crippen LogP contribution in [0, 0.1) is 0 Å². The number of nitrogens with one attached hydrogen (secondary N) is 1. The van der Waals surface area contributed by atoms with Crippen molar-refractivity contribution < 1.29 is 37.0 Å². The van der Waals surface area contributed by atoms with Crippen LogP contribution in [0.1, 0.15) is 37.3 Å². The number of carbonyl (C=O) groups excluding carboxylic acids is 1. The third-order valence-electron chi connectivity index (χ3n) is 5.05. The maximum atomic E-state index is 12.6. The van der Waals surface area contributed by atoms with Gasteiger partial charge in [-0.2, -0.15) is 13.2 Å². The summed E-state index contributed by atoms with van der Waals surface area (Å²) in [5.41, 5.74) is 0.0450. The van der Waals surface area contributed by atoms with E-state index in [1.54, 1.807) is 13.0 Å². The minimum Gasteiger partial charge on any atom is -0.489 e. The third-order valence-corrected chi connectivity index (χ3v) is 5.64. The predicted molar refractivity (Wildman–Crippen MR) is 136 cm³/mol. The summed E-state index contributed by atoms with van der Waals surface area (Å²) >= 11 is 17.6. The highest BCUT2D eigenvalue weighted by atomic mass is 35.5. The zero-order valence-electron chi connectivity index (χ0n) is 20.0. The number of amides is 1. The van der Waals surface area contributed by atoms with Crippen LogP contribution in [-0.4, -0.2) is 42.7 Å². The molecule has 1 atom stereocenters. The summed E-state index contributed by atoms with van der Waals surface area (Å²) in [7, 11) is 0. The van der Waals surface area contributed by atoms with E-state index in [-0.39, 0.29) is 40.5 Å². The fraction of sp³-hybridized carbons (Fsp3) is 0.375. The highest BCUT2D eigenvalue weighted by Crippen LogP contribution is 2.37. The van der Waals surface area contributed by atoms with Crippen LogP contribution in [0.5, 0.6) is 17.4 Å². The standard InChI is InChI=1S/C24H23Cl3F3N3O5/c1-2-31-23(34)37-22-17(10-16(11-18(22)25)35-9-7-20(26)27)19-12-15(38-33-19)4-3-8-36-21-6-5-14(13-32-21)24(28,29)30/h5-7,10-11,13,15H,2-4,8-9,12H2,1H3,(H,31,34). The van der Waals surface area contributed by atoms with E-state index in [9.17, 15) is 18.0 Å². The van der Waals surface area contributed by atoms with E-state index < -0.39 is 17.8 Å². The molecule has 0 fully saturated rings. The Morgan fingerprint density at radius 2 is 2.05 bits per heavy atom. The van der Waals surface area contributed by atoms with Crippen molar-refractivity contribution in [2.45, 2.75) is 38.5 Å². The summed E-state index contributed by atoms with van der Waals surface area (Å²) in [6.07, 6.45) is -1.87. The topological polar surface area (TPSA) is 91.3 Å². The Morgan fingerprint density at radius 1 is 1.26 bits per heavy atom. The molecule has 1 aromatic heterocycles. The Balaban J connectivity index is 1.61. The van der Waals surface area contributed by atoms with Gasteiger partial charge in [-0.3, -0.25) is 0 Å². The maximum absolute atomic E-state index is 12.6. The van der Waals surface area contributed by atoms with Gasteiger partial charge in [-0.25, -0.2) is 9.78 Å². The predicted octanol–water partition coefficient (Wildman–Crippen LogP) is 6.91. The van der Waals surface area contributed by atoms with Crippen LogP contribution < -0.4 is 19.5 Å². The molecule has 1 amide bonds. The van der Waals surface area contributed by atoms with Gasteiger partial charge < -0.3 is 24.4 Å². The molecule has 0 spiro atoms. The average molecular weight is 597 g/mol. The number of alkyl halides is 3. The van der Waals surface area contributed by atoms with Gasteiger partial charge in [0.2, 0.25) is 5.88 Å². The fourth-order valence-corrected chi connectivity index (χ4v) is 3.68. The van der Waals surface area contributed by atoms with Gasteiger partial charge in [0.05, 0.1) is 22.9 Å². The Hall–Kier alpha value is -2.89. The van der Waals surface area contributed by atoms with Crippen LogP contribution >= 0.6 is 34.8 Å². The van der Waals surface area contributed by atoms with Crippen molar-refractivity contribution >= 4 is 46.6 Å². The highest BCUT2D eigenvalue weighted by molar-refractivity contribution is 6.55. The average Bonchev–Trinajstić information content (AvgIpc) is 3.32. The molecule has 0 saturated heterocycles. The van der Waals surface area contributed by atoms with E-state index in [4.69, 9.17) is 53.9 Å². The van der Waals surface area contributed by atoms with Crippen molar-refractivity contribution in [2.75, 3.05) is 19.8 Å². The van der Waals surface area contributed by atoms with E-state index in [2.05, 4.69) is 15.5 Å². The molecule has 2 heterocycles. The molecule has 206 valence electrons. The minimum atomic E-state index is -4.46. The first kappa shape index (κ1) is 29.7. The molecule has 0 aliphatic carbocycles. The number of ether oxygens (including phenoxy) is 3. The molecule has 38 heavy (non-hydrogen) atoms. The highest BCUT2D eigenvalue weighted by Gasteiger charge is 2.31. The number of halogens is 6. The van der Waals surface area contributed by atoms with Gasteiger partial charge in [-0.1, -0.05) is 40.0 Å². The molecule has 0 radical (unpaired) electrons. The van der Waals surface area contributed by atoms with Crippen LogP contribution in [-0.2, 0) is 11.0 Å². The van der Waals surface area contributed by atoms with Crippen LogP contribution in [0.15, 0.2) is 46.2 Å². The van der Waals surface area contributed by atoms with Crippen molar-refractivity contribution in [1.82, 2.24) is 10.3 Å². The van der Waals surface area contributed by atoms with Crippen LogP contribution in [0.4, 0.5) is 18.0 Å². The minimum absolute atomic E-state index is 0.0435. The molecule has 1 N–H and O–H groups in total. The number of carbonyl (C=O) groups is 1. The van der Waals surface area contributed by atoms with Gasteiger partial charge in [0, 0.05) is 36.9 Å². The number of rotatable bonds is 11. The number of hydrogen-bond donors (Lipinski definition) is 1. The lowest BCUT2D eigenvalue weighted by Crippen LogP contribution is -2.27. The monoisotopic (exact) mass is 595 g/mol. The quantitative estimate of drug-likeness (QED) is 0.284. The van der Waals surface area contributed by atoms with Gasteiger partial charge in [0.25, 0.3) is 0 Å². The third kappa shape index (κ3) is 8.85. The lowest BCUT2D eigenvalue weighted by molar-refractivity contribution is -0.137. The number of hydrogen-bond acceptors (Lipinski definition) is 7. The van der Waals surface area contributed by atoms with Crippen molar-refractivity contribution in [3.8, 4) is 17.4 Å².